The minimum Gasteiger partial charge on any atom is -0.261 e. The Labute approximate surface area is 90.5 Å². The Morgan fingerprint density at radius 1 is 1.20 bits per heavy atom. The highest BCUT2D eigenvalue weighted by atomic mass is 14.8. The van der Waals surface area contributed by atoms with Crippen molar-refractivity contribution in [1.82, 2.24) is 0 Å². The summed E-state index contributed by atoms with van der Waals surface area (Å²) in [6.45, 7) is 4.63. The van der Waals surface area contributed by atoms with E-state index in [1.165, 1.54) is 28.8 Å². The predicted molar refractivity (Wildman–Crippen MR) is 64.1 cm³/mol. The quantitative estimate of drug-likeness (QED) is 0.603. The third-order valence-electron chi connectivity index (χ3n) is 3.64. The highest BCUT2D eigenvalue weighted by molar-refractivity contribution is 5.85. The zero-order chi connectivity index (χ0) is 10.5. The molecule has 3 rings (SSSR count). The summed E-state index contributed by atoms with van der Waals surface area (Å²) in [5, 5.41) is 0. The van der Waals surface area contributed by atoms with E-state index in [1.54, 1.807) is 0 Å². The SMILES string of the molecule is CC1(C)C2=C(N=CCC2)c2ccccc21. The van der Waals surface area contributed by atoms with E-state index < -0.39 is 0 Å². The Kier molecular flexibility index (Phi) is 1.67. The topological polar surface area (TPSA) is 12.4 Å². The van der Waals surface area contributed by atoms with Crippen LogP contribution in [0.3, 0.4) is 0 Å². The molecule has 0 aromatic heterocycles. The first-order valence-electron chi connectivity index (χ1n) is 5.57. The smallest absolute Gasteiger partial charge is 0.0702 e. The van der Waals surface area contributed by atoms with Crippen LogP contribution in [0, 0.1) is 0 Å². The second-order valence-electron chi connectivity index (χ2n) is 4.85. The van der Waals surface area contributed by atoms with Crippen molar-refractivity contribution >= 4 is 11.9 Å². The third kappa shape index (κ3) is 1.06. The van der Waals surface area contributed by atoms with Gasteiger partial charge in [0, 0.05) is 17.2 Å². The number of hydrogen-bond donors (Lipinski definition) is 0. The first kappa shape index (κ1) is 8.90. The van der Waals surface area contributed by atoms with Gasteiger partial charge in [0.2, 0.25) is 0 Å². The second-order valence-corrected chi connectivity index (χ2v) is 4.85. The maximum Gasteiger partial charge on any atom is 0.0702 e. The van der Waals surface area contributed by atoms with Crippen molar-refractivity contribution in [2.75, 3.05) is 0 Å². The van der Waals surface area contributed by atoms with E-state index in [2.05, 4.69) is 49.3 Å². The van der Waals surface area contributed by atoms with E-state index in [0.717, 1.165) is 6.42 Å². The molecular weight excluding hydrogens is 182 g/mol. The zero-order valence-corrected chi connectivity index (χ0v) is 9.25. The van der Waals surface area contributed by atoms with Gasteiger partial charge >= 0.3 is 0 Å². The van der Waals surface area contributed by atoms with Crippen molar-refractivity contribution in [3.05, 3.63) is 41.0 Å². The molecule has 2 aliphatic rings. The second kappa shape index (κ2) is 2.82. The van der Waals surface area contributed by atoms with Crippen LogP contribution in [0.2, 0.25) is 0 Å². The molecule has 0 atom stereocenters. The predicted octanol–water partition coefficient (Wildman–Crippen LogP) is 3.55. The van der Waals surface area contributed by atoms with Crippen LogP contribution >= 0.6 is 0 Å². The zero-order valence-electron chi connectivity index (χ0n) is 9.25. The van der Waals surface area contributed by atoms with Crippen molar-refractivity contribution in [2.45, 2.75) is 32.1 Å². The summed E-state index contributed by atoms with van der Waals surface area (Å²) in [6, 6.07) is 8.67. The molecule has 0 N–H and O–H groups in total. The van der Waals surface area contributed by atoms with Crippen molar-refractivity contribution in [2.24, 2.45) is 4.99 Å². The van der Waals surface area contributed by atoms with E-state index in [1.807, 2.05) is 0 Å². The van der Waals surface area contributed by atoms with Crippen LogP contribution in [0.5, 0.6) is 0 Å². The highest BCUT2D eigenvalue weighted by Gasteiger charge is 2.37. The molecule has 1 heteroatoms. The first-order chi connectivity index (χ1) is 7.21. The first-order valence-corrected chi connectivity index (χ1v) is 5.57. The fraction of sp³-hybridized carbons (Fsp3) is 0.357. The minimum absolute atomic E-state index is 0.184. The Bertz CT molecular complexity index is 478. The summed E-state index contributed by atoms with van der Waals surface area (Å²) in [5.74, 6) is 0. The number of rotatable bonds is 0. The summed E-state index contributed by atoms with van der Waals surface area (Å²) in [7, 11) is 0. The molecule has 0 bridgehead atoms. The van der Waals surface area contributed by atoms with Gasteiger partial charge in [-0.15, -0.1) is 0 Å². The third-order valence-corrected chi connectivity index (χ3v) is 3.64. The summed E-state index contributed by atoms with van der Waals surface area (Å²) in [6.07, 6.45) is 4.31. The summed E-state index contributed by atoms with van der Waals surface area (Å²) in [5.41, 5.74) is 5.72. The maximum absolute atomic E-state index is 4.58. The van der Waals surface area contributed by atoms with Gasteiger partial charge in [-0.3, -0.25) is 4.99 Å². The van der Waals surface area contributed by atoms with Crippen LogP contribution in [0.1, 0.15) is 37.8 Å². The Hall–Kier alpha value is -1.37. The van der Waals surface area contributed by atoms with Crippen LogP contribution < -0.4 is 0 Å². The number of nitrogens with zero attached hydrogens (tertiary/aromatic N) is 1. The largest absolute Gasteiger partial charge is 0.261 e. The fourth-order valence-corrected chi connectivity index (χ4v) is 2.80. The van der Waals surface area contributed by atoms with Crippen LogP contribution in [-0.4, -0.2) is 6.21 Å². The van der Waals surface area contributed by atoms with Crippen LogP contribution in [-0.2, 0) is 5.41 Å². The van der Waals surface area contributed by atoms with Gasteiger partial charge in [-0.25, -0.2) is 0 Å². The molecule has 0 radical (unpaired) electrons. The van der Waals surface area contributed by atoms with Crippen molar-refractivity contribution in [3.63, 3.8) is 0 Å². The van der Waals surface area contributed by atoms with Gasteiger partial charge in [-0.2, -0.15) is 0 Å². The lowest BCUT2D eigenvalue weighted by Crippen LogP contribution is -2.17. The summed E-state index contributed by atoms with van der Waals surface area (Å²) < 4.78 is 0. The van der Waals surface area contributed by atoms with E-state index in [-0.39, 0.29) is 5.41 Å². The van der Waals surface area contributed by atoms with Gasteiger partial charge < -0.3 is 0 Å². The standard InChI is InChI=1S/C14H15N/c1-14(2)11-7-4-3-6-10(11)13-12(14)8-5-9-15-13/h3-4,6-7,9H,5,8H2,1-2H3. The molecule has 15 heavy (non-hydrogen) atoms. The Balaban J connectivity index is 2.30. The minimum atomic E-state index is 0.184. The van der Waals surface area contributed by atoms with E-state index in [0.29, 0.717) is 0 Å². The molecular formula is C14H15N. The molecule has 0 fully saturated rings. The van der Waals surface area contributed by atoms with E-state index in [4.69, 9.17) is 0 Å². The average molecular weight is 197 g/mol. The number of hydrogen-bond acceptors (Lipinski definition) is 1. The molecule has 0 unspecified atom stereocenters. The monoisotopic (exact) mass is 197 g/mol. The lowest BCUT2D eigenvalue weighted by Gasteiger charge is -2.24. The van der Waals surface area contributed by atoms with Gasteiger partial charge in [-0.1, -0.05) is 38.1 Å². The molecule has 0 saturated heterocycles. The molecule has 1 aliphatic heterocycles. The van der Waals surface area contributed by atoms with Crippen LogP contribution in [0.25, 0.3) is 5.70 Å². The average Bonchev–Trinajstić information content (AvgIpc) is 2.51. The van der Waals surface area contributed by atoms with E-state index >= 15 is 0 Å². The molecule has 1 nitrogen and oxygen atoms in total. The summed E-state index contributed by atoms with van der Waals surface area (Å²) in [4.78, 5) is 4.58. The van der Waals surface area contributed by atoms with E-state index in [9.17, 15) is 0 Å². The number of fused-ring (bicyclic) bond motifs is 2. The normalized spacial score (nSPS) is 21.5. The van der Waals surface area contributed by atoms with Gasteiger partial charge in [0.05, 0.1) is 5.70 Å². The fourth-order valence-electron chi connectivity index (χ4n) is 2.80. The van der Waals surface area contributed by atoms with Gasteiger partial charge in [0.25, 0.3) is 0 Å². The van der Waals surface area contributed by atoms with Gasteiger partial charge in [0.1, 0.15) is 0 Å². The molecule has 1 aliphatic carbocycles. The Morgan fingerprint density at radius 3 is 2.87 bits per heavy atom. The van der Waals surface area contributed by atoms with Crippen molar-refractivity contribution < 1.29 is 0 Å². The molecule has 0 spiro atoms. The number of allylic oxidation sites excluding steroid dienone is 1. The summed E-state index contributed by atoms with van der Waals surface area (Å²) >= 11 is 0. The van der Waals surface area contributed by atoms with Crippen LogP contribution in [0.4, 0.5) is 0 Å². The molecule has 1 heterocycles. The maximum atomic E-state index is 4.58. The number of benzene rings is 1. The molecule has 1 aromatic rings. The molecule has 76 valence electrons. The lowest BCUT2D eigenvalue weighted by atomic mass is 9.79. The van der Waals surface area contributed by atoms with Crippen molar-refractivity contribution in [1.29, 1.82) is 0 Å². The molecule has 1 aromatic carbocycles. The molecule has 0 amide bonds. The van der Waals surface area contributed by atoms with Crippen molar-refractivity contribution in [3.8, 4) is 0 Å². The van der Waals surface area contributed by atoms with Gasteiger partial charge in [-0.05, 0) is 24.0 Å². The highest BCUT2D eigenvalue weighted by Crippen LogP contribution is 2.49. The number of aliphatic imine (C=N–C) groups is 1. The lowest BCUT2D eigenvalue weighted by molar-refractivity contribution is 0.610. The van der Waals surface area contributed by atoms with Crippen LogP contribution in [0.15, 0.2) is 34.8 Å². The molecule has 0 saturated carbocycles. The Morgan fingerprint density at radius 2 is 2.00 bits per heavy atom. The van der Waals surface area contributed by atoms with Gasteiger partial charge in [0.15, 0.2) is 0 Å².